The van der Waals surface area contributed by atoms with Crippen LogP contribution < -0.4 is 0 Å². The lowest BCUT2D eigenvalue weighted by molar-refractivity contribution is -0.148. The van der Waals surface area contributed by atoms with Crippen LogP contribution >= 0.6 is 0 Å². The van der Waals surface area contributed by atoms with Crippen LogP contribution in [0.25, 0.3) is 0 Å². The van der Waals surface area contributed by atoms with Gasteiger partial charge in [0.15, 0.2) is 0 Å². The van der Waals surface area contributed by atoms with Crippen LogP contribution in [0, 0.1) is 11.8 Å². The number of likely N-dealkylation sites (tertiary alicyclic amines) is 1. The van der Waals surface area contributed by atoms with Gasteiger partial charge in [0.25, 0.3) is 0 Å². The minimum absolute atomic E-state index is 0.293. The van der Waals surface area contributed by atoms with E-state index in [1.807, 2.05) is 11.9 Å². The molecule has 0 aromatic heterocycles. The summed E-state index contributed by atoms with van der Waals surface area (Å²) in [5.74, 6) is -2.37. The molecular weight excluding hydrogens is 236 g/mol. The van der Waals surface area contributed by atoms with E-state index in [0.29, 0.717) is 12.5 Å². The van der Waals surface area contributed by atoms with Gasteiger partial charge in [-0.3, -0.25) is 9.59 Å². The summed E-state index contributed by atoms with van der Waals surface area (Å²) in [7, 11) is 3.93. The summed E-state index contributed by atoms with van der Waals surface area (Å²) in [6.07, 6.45) is 0.807. The Morgan fingerprint density at radius 3 is 2.56 bits per heavy atom. The highest BCUT2D eigenvalue weighted by Crippen LogP contribution is 2.16. The first-order chi connectivity index (χ1) is 8.38. The van der Waals surface area contributed by atoms with Crippen molar-refractivity contribution in [1.29, 1.82) is 0 Å². The number of carboxylic acids is 2. The van der Waals surface area contributed by atoms with Crippen molar-refractivity contribution in [3.8, 4) is 0 Å². The minimum atomic E-state index is -1.06. The topological polar surface area (TPSA) is 81.1 Å². The van der Waals surface area contributed by atoms with Gasteiger partial charge >= 0.3 is 11.9 Å². The van der Waals surface area contributed by atoms with Gasteiger partial charge in [0, 0.05) is 19.6 Å². The molecule has 1 aliphatic rings. The summed E-state index contributed by atoms with van der Waals surface area (Å²) in [5.41, 5.74) is 0. The third-order valence-electron chi connectivity index (χ3n) is 3.36. The smallest absolute Gasteiger partial charge is 0.308 e. The van der Waals surface area contributed by atoms with E-state index in [0.717, 1.165) is 26.1 Å². The number of rotatable bonds is 7. The molecule has 1 aliphatic heterocycles. The molecule has 0 amide bonds. The van der Waals surface area contributed by atoms with E-state index < -0.39 is 17.9 Å². The first-order valence-electron chi connectivity index (χ1n) is 6.20. The molecule has 0 bridgehead atoms. The Morgan fingerprint density at radius 2 is 2.11 bits per heavy atom. The molecule has 0 saturated carbocycles. The average Bonchev–Trinajstić information content (AvgIpc) is 2.62. The molecule has 0 radical (unpaired) electrons. The highest BCUT2D eigenvalue weighted by Gasteiger charge is 2.25. The van der Waals surface area contributed by atoms with E-state index in [4.69, 9.17) is 10.2 Å². The summed E-state index contributed by atoms with van der Waals surface area (Å²) < 4.78 is 0. The fourth-order valence-electron chi connectivity index (χ4n) is 2.51. The van der Waals surface area contributed by atoms with E-state index in [1.165, 1.54) is 0 Å². The zero-order valence-electron chi connectivity index (χ0n) is 11.0. The van der Waals surface area contributed by atoms with Crippen LogP contribution in [0.5, 0.6) is 0 Å². The summed E-state index contributed by atoms with van der Waals surface area (Å²) in [5, 5.41) is 17.7. The van der Waals surface area contributed by atoms with Crippen molar-refractivity contribution in [2.24, 2.45) is 11.8 Å². The predicted molar refractivity (Wildman–Crippen MR) is 66.5 cm³/mol. The van der Waals surface area contributed by atoms with Crippen LogP contribution in [-0.2, 0) is 9.59 Å². The van der Waals surface area contributed by atoms with Crippen LogP contribution in [0.1, 0.15) is 12.8 Å². The Bertz CT molecular complexity index is 308. The Labute approximate surface area is 107 Å². The normalized spacial score (nSPS) is 22.3. The maximum atomic E-state index is 11.0. The van der Waals surface area contributed by atoms with Gasteiger partial charge in [0.1, 0.15) is 0 Å². The molecule has 6 nitrogen and oxygen atoms in total. The Morgan fingerprint density at radius 1 is 1.44 bits per heavy atom. The van der Waals surface area contributed by atoms with Crippen molar-refractivity contribution >= 4 is 11.9 Å². The molecule has 6 heteroatoms. The van der Waals surface area contributed by atoms with E-state index >= 15 is 0 Å². The van der Waals surface area contributed by atoms with Crippen LogP contribution in [-0.4, -0.2) is 72.2 Å². The lowest BCUT2D eigenvalue weighted by Crippen LogP contribution is -2.35. The molecule has 0 aromatic rings. The van der Waals surface area contributed by atoms with Gasteiger partial charge in [-0.05, 0) is 33.0 Å². The summed E-state index contributed by atoms with van der Waals surface area (Å²) in [6.45, 7) is 3.23. The maximum absolute atomic E-state index is 11.0. The largest absolute Gasteiger partial charge is 0.481 e. The summed E-state index contributed by atoms with van der Waals surface area (Å²) >= 11 is 0. The second-order valence-corrected chi connectivity index (χ2v) is 5.27. The van der Waals surface area contributed by atoms with Crippen molar-refractivity contribution in [2.75, 3.05) is 40.3 Å². The number of nitrogens with zero attached hydrogens (tertiary/aromatic N) is 2. The maximum Gasteiger partial charge on any atom is 0.308 e. The van der Waals surface area contributed by atoms with Crippen LogP contribution in [0.3, 0.4) is 0 Å². The molecule has 2 atom stereocenters. The second kappa shape index (κ2) is 6.70. The lowest BCUT2D eigenvalue weighted by atomic mass is 10.0. The first-order valence-corrected chi connectivity index (χ1v) is 6.20. The number of hydrogen-bond acceptors (Lipinski definition) is 4. The number of hydrogen-bond donors (Lipinski definition) is 2. The molecule has 0 aliphatic carbocycles. The van der Waals surface area contributed by atoms with Gasteiger partial charge in [-0.2, -0.15) is 0 Å². The van der Waals surface area contributed by atoms with Crippen LogP contribution in [0.4, 0.5) is 0 Å². The Kier molecular flexibility index (Phi) is 5.55. The van der Waals surface area contributed by atoms with E-state index in [1.54, 1.807) is 0 Å². The van der Waals surface area contributed by atoms with Gasteiger partial charge in [-0.15, -0.1) is 0 Å². The molecule has 104 valence electrons. The van der Waals surface area contributed by atoms with Crippen LogP contribution in [0.2, 0.25) is 0 Å². The van der Waals surface area contributed by atoms with Gasteiger partial charge in [0.2, 0.25) is 0 Å². The van der Waals surface area contributed by atoms with Gasteiger partial charge in [-0.1, -0.05) is 0 Å². The van der Waals surface area contributed by atoms with Gasteiger partial charge in [0.05, 0.1) is 12.3 Å². The number of carbonyl (C=O) groups is 2. The molecule has 18 heavy (non-hydrogen) atoms. The van der Waals surface area contributed by atoms with Crippen molar-refractivity contribution in [3.63, 3.8) is 0 Å². The molecular formula is C12H22N2O4. The third kappa shape index (κ3) is 5.01. The van der Waals surface area contributed by atoms with E-state index in [9.17, 15) is 9.59 Å². The molecule has 1 rings (SSSR count). The highest BCUT2D eigenvalue weighted by atomic mass is 16.4. The van der Waals surface area contributed by atoms with Gasteiger partial charge < -0.3 is 20.0 Å². The lowest BCUT2D eigenvalue weighted by Gasteiger charge is -2.23. The second-order valence-electron chi connectivity index (χ2n) is 5.27. The minimum Gasteiger partial charge on any atom is -0.481 e. The summed E-state index contributed by atoms with van der Waals surface area (Å²) in [4.78, 5) is 25.7. The fraction of sp³-hybridized carbons (Fsp3) is 0.833. The zero-order chi connectivity index (χ0) is 13.7. The molecule has 1 heterocycles. The molecule has 2 unspecified atom stereocenters. The Balaban J connectivity index is 2.38. The summed E-state index contributed by atoms with van der Waals surface area (Å²) in [6, 6.07) is 0. The predicted octanol–water partition coefficient (Wildman–Crippen LogP) is 0.0454. The molecule has 1 saturated heterocycles. The average molecular weight is 258 g/mol. The molecule has 0 spiro atoms. The number of aliphatic carboxylic acids is 2. The van der Waals surface area contributed by atoms with Gasteiger partial charge in [-0.25, -0.2) is 0 Å². The van der Waals surface area contributed by atoms with Crippen molar-refractivity contribution < 1.29 is 19.8 Å². The SMILES string of the molecule is CN1CCC(CN(C)CC(CC(=O)O)C(=O)O)C1. The van der Waals surface area contributed by atoms with Crippen molar-refractivity contribution in [1.82, 2.24) is 9.80 Å². The van der Waals surface area contributed by atoms with Crippen molar-refractivity contribution in [2.45, 2.75) is 12.8 Å². The quantitative estimate of drug-likeness (QED) is 0.671. The molecule has 0 aromatic carbocycles. The zero-order valence-corrected chi connectivity index (χ0v) is 11.0. The molecule has 2 N–H and O–H groups in total. The van der Waals surface area contributed by atoms with E-state index in [-0.39, 0.29) is 6.42 Å². The molecule has 1 fully saturated rings. The standard InChI is InChI=1S/C12H22N2O4/c1-13-4-3-9(6-13)7-14(2)8-10(12(17)18)5-11(15)16/h9-10H,3-8H2,1-2H3,(H,15,16)(H,17,18). The number of carboxylic acid groups (broad SMARTS) is 2. The third-order valence-corrected chi connectivity index (χ3v) is 3.36. The fourth-order valence-corrected chi connectivity index (χ4v) is 2.51. The van der Waals surface area contributed by atoms with E-state index in [2.05, 4.69) is 11.9 Å². The Hall–Kier alpha value is -1.14. The van der Waals surface area contributed by atoms with Crippen LogP contribution in [0.15, 0.2) is 0 Å². The monoisotopic (exact) mass is 258 g/mol. The first kappa shape index (κ1) is 14.9. The van der Waals surface area contributed by atoms with Crippen molar-refractivity contribution in [3.05, 3.63) is 0 Å². The highest BCUT2D eigenvalue weighted by molar-refractivity contribution is 5.77.